The van der Waals surface area contributed by atoms with Gasteiger partial charge in [0.25, 0.3) is 0 Å². The van der Waals surface area contributed by atoms with Crippen LogP contribution in [0.4, 0.5) is 5.69 Å². The molecule has 140 valence electrons. The monoisotopic (exact) mass is 385 g/mol. The molecule has 0 spiro atoms. The van der Waals surface area contributed by atoms with Crippen LogP contribution < -0.4 is 5.32 Å². The Hall–Kier alpha value is -2.71. The number of sulfonamides is 1. The Morgan fingerprint density at radius 1 is 1.11 bits per heavy atom. The molecule has 0 aliphatic carbocycles. The average Bonchev–Trinajstić information content (AvgIpc) is 3.33. The summed E-state index contributed by atoms with van der Waals surface area (Å²) < 4.78 is 32.0. The van der Waals surface area contributed by atoms with Crippen molar-refractivity contribution in [3.8, 4) is 0 Å². The zero-order valence-corrected chi connectivity index (χ0v) is 15.4. The first-order chi connectivity index (χ1) is 13.0. The second-order valence-corrected chi connectivity index (χ2v) is 8.43. The topological polar surface area (TPSA) is 92.5 Å². The molecule has 0 bridgehead atoms. The molecule has 0 atom stereocenters. The summed E-state index contributed by atoms with van der Waals surface area (Å²) in [7, 11) is -3.52. The summed E-state index contributed by atoms with van der Waals surface area (Å²) in [5.74, 6) is -0.287. The molecule has 1 fully saturated rings. The zero-order chi connectivity index (χ0) is 18.9. The van der Waals surface area contributed by atoms with Crippen molar-refractivity contribution in [3.05, 3.63) is 54.2 Å². The van der Waals surface area contributed by atoms with Crippen molar-refractivity contribution in [2.24, 2.45) is 0 Å². The van der Waals surface area contributed by atoms with Gasteiger partial charge < -0.3 is 9.84 Å². The van der Waals surface area contributed by atoms with Gasteiger partial charge in [0.2, 0.25) is 15.9 Å². The summed E-state index contributed by atoms with van der Waals surface area (Å²) in [6, 6.07) is 13.7. The number of amides is 1. The number of fused-ring (bicyclic) bond motifs is 1. The normalized spacial score (nSPS) is 15.3. The number of carbonyl (C=O) groups is 1. The number of hydrogen-bond donors (Lipinski definition) is 1. The molecular weight excluding hydrogens is 366 g/mol. The molecule has 3 aromatic rings. The van der Waals surface area contributed by atoms with Crippen molar-refractivity contribution < 1.29 is 17.7 Å². The van der Waals surface area contributed by atoms with Crippen molar-refractivity contribution in [1.82, 2.24) is 9.46 Å². The third kappa shape index (κ3) is 3.58. The molecule has 1 amide bonds. The number of nitrogens with one attached hydrogen (secondary N) is 1. The summed E-state index contributed by atoms with van der Waals surface area (Å²) in [5.41, 5.74) is 1.61. The minimum atomic E-state index is -3.52. The molecular formula is C19H19N3O4S. The van der Waals surface area contributed by atoms with Crippen LogP contribution in [0.3, 0.4) is 0 Å². The van der Waals surface area contributed by atoms with Crippen molar-refractivity contribution in [2.75, 3.05) is 18.4 Å². The lowest BCUT2D eigenvalue weighted by molar-refractivity contribution is -0.115. The number of hydrogen-bond acceptors (Lipinski definition) is 5. The lowest BCUT2D eigenvalue weighted by Crippen LogP contribution is -2.28. The summed E-state index contributed by atoms with van der Waals surface area (Å²) in [4.78, 5) is 12.6. The summed E-state index contributed by atoms with van der Waals surface area (Å²) in [5, 5.41) is 7.48. The number of rotatable bonds is 5. The molecule has 1 aliphatic heterocycles. The van der Waals surface area contributed by atoms with Crippen molar-refractivity contribution >= 4 is 32.6 Å². The molecule has 2 heterocycles. The molecule has 1 aromatic heterocycles. The number of aromatic nitrogens is 1. The summed E-state index contributed by atoms with van der Waals surface area (Å²) in [6.07, 6.45) is 1.79. The van der Waals surface area contributed by atoms with Crippen LogP contribution in [0.15, 0.2) is 57.9 Å². The van der Waals surface area contributed by atoms with E-state index in [1.165, 1.54) is 10.4 Å². The Morgan fingerprint density at radius 2 is 1.89 bits per heavy atom. The smallest absolute Gasteiger partial charge is 0.243 e. The maximum absolute atomic E-state index is 12.7. The molecule has 4 rings (SSSR count). The highest BCUT2D eigenvalue weighted by Gasteiger charge is 2.27. The van der Waals surface area contributed by atoms with E-state index in [0.717, 1.165) is 18.2 Å². The molecule has 2 aromatic carbocycles. The molecule has 7 nitrogen and oxygen atoms in total. The molecule has 8 heteroatoms. The number of benzene rings is 2. The van der Waals surface area contributed by atoms with Crippen LogP contribution in [0.25, 0.3) is 11.0 Å². The van der Waals surface area contributed by atoms with Gasteiger partial charge in [-0.1, -0.05) is 23.4 Å². The predicted molar refractivity (Wildman–Crippen MR) is 101 cm³/mol. The second-order valence-electron chi connectivity index (χ2n) is 6.49. The third-order valence-electron chi connectivity index (χ3n) is 4.60. The highest BCUT2D eigenvalue weighted by molar-refractivity contribution is 7.89. The maximum atomic E-state index is 12.7. The first-order valence-corrected chi connectivity index (χ1v) is 10.2. The van der Waals surface area contributed by atoms with Crippen LogP contribution >= 0.6 is 0 Å². The van der Waals surface area contributed by atoms with Crippen LogP contribution in [0, 0.1) is 0 Å². The van der Waals surface area contributed by atoms with E-state index in [1.54, 1.807) is 24.3 Å². The molecule has 27 heavy (non-hydrogen) atoms. The van der Waals surface area contributed by atoms with E-state index < -0.39 is 10.0 Å². The SMILES string of the molecule is O=C(Cc1noc2ccccc12)Nc1cccc(S(=O)(=O)N2CCCC2)c1. The highest BCUT2D eigenvalue weighted by Crippen LogP contribution is 2.23. The Kier molecular flexibility index (Phi) is 4.67. The van der Waals surface area contributed by atoms with E-state index in [0.29, 0.717) is 30.1 Å². The highest BCUT2D eigenvalue weighted by atomic mass is 32.2. The van der Waals surface area contributed by atoms with Crippen molar-refractivity contribution in [2.45, 2.75) is 24.2 Å². The van der Waals surface area contributed by atoms with Crippen LogP contribution in [0.1, 0.15) is 18.5 Å². The van der Waals surface area contributed by atoms with E-state index in [4.69, 9.17) is 4.52 Å². The lowest BCUT2D eigenvalue weighted by atomic mass is 10.1. The number of carbonyl (C=O) groups excluding carboxylic acids is 1. The van der Waals surface area contributed by atoms with E-state index in [-0.39, 0.29) is 17.2 Å². The lowest BCUT2D eigenvalue weighted by Gasteiger charge is -2.16. The van der Waals surface area contributed by atoms with E-state index in [2.05, 4.69) is 10.5 Å². The fourth-order valence-corrected chi connectivity index (χ4v) is 4.80. The van der Waals surface area contributed by atoms with Crippen LogP contribution in [0.2, 0.25) is 0 Å². The van der Waals surface area contributed by atoms with Gasteiger partial charge in [-0.25, -0.2) is 8.42 Å². The minimum absolute atomic E-state index is 0.0418. The molecule has 0 saturated carbocycles. The first-order valence-electron chi connectivity index (χ1n) is 8.77. The first kappa shape index (κ1) is 17.7. The van der Waals surface area contributed by atoms with Crippen LogP contribution in [0.5, 0.6) is 0 Å². The number of nitrogens with zero attached hydrogens (tertiary/aromatic N) is 2. The molecule has 0 radical (unpaired) electrons. The van der Waals surface area contributed by atoms with Gasteiger partial charge in [-0.3, -0.25) is 4.79 Å². The van der Waals surface area contributed by atoms with Gasteiger partial charge in [-0.15, -0.1) is 0 Å². The molecule has 1 saturated heterocycles. The molecule has 0 unspecified atom stereocenters. The average molecular weight is 385 g/mol. The maximum Gasteiger partial charge on any atom is 0.243 e. The van der Waals surface area contributed by atoms with Gasteiger partial charge in [0, 0.05) is 24.2 Å². The van der Waals surface area contributed by atoms with Crippen LogP contribution in [-0.2, 0) is 21.2 Å². The summed E-state index contributed by atoms with van der Waals surface area (Å²) in [6.45, 7) is 1.08. The van der Waals surface area contributed by atoms with Crippen molar-refractivity contribution in [3.63, 3.8) is 0 Å². The van der Waals surface area contributed by atoms with Gasteiger partial charge in [0.1, 0.15) is 5.69 Å². The van der Waals surface area contributed by atoms with Crippen LogP contribution in [-0.4, -0.2) is 36.9 Å². The predicted octanol–water partition coefficient (Wildman–Crippen LogP) is 2.79. The Bertz CT molecular complexity index is 1090. The van der Waals surface area contributed by atoms with Gasteiger partial charge in [0.15, 0.2) is 5.58 Å². The number of para-hydroxylation sites is 1. The molecule has 1 N–H and O–H groups in total. The van der Waals surface area contributed by atoms with E-state index in [1.807, 2.05) is 18.2 Å². The standard InChI is InChI=1S/C19H19N3O4S/c23-19(13-17-16-8-1-2-9-18(16)26-21-17)20-14-6-5-7-15(12-14)27(24,25)22-10-3-4-11-22/h1-2,5-9,12H,3-4,10-11,13H2,(H,20,23). The fraction of sp³-hybridized carbons (Fsp3) is 0.263. The Labute approximate surface area is 157 Å². The van der Waals surface area contributed by atoms with Gasteiger partial charge in [-0.05, 0) is 43.2 Å². The van der Waals surface area contributed by atoms with Crippen molar-refractivity contribution in [1.29, 1.82) is 0 Å². The van der Waals surface area contributed by atoms with E-state index in [9.17, 15) is 13.2 Å². The Balaban J connectivity index is 1.50. The largest absolute Gasteiger partial charge is 0.356 e. The molecule has 1 aliphatic rings. The summed E-state index contributed by atoms with van der Waals surface area (Å²) >= 11 is 0. The Morgan fingerprint density at radius 3 is 2.70 bits per heavy atom. The van der Waals surface area contributed by atoms with Gasteiger partial charge >= 0.3 is 0 Å². The third-order valence-corrected chi connectivity index (χ3v) is 6.50. The minimum Gasteiger partial charge on any atom is -0.356 e. The zero-order valence-electron chi connectivity index (χ0n) is 14.6. The van der Waals surface area contributed by atoms with Gasteiger partial charge in [0.05, 0.1) is 11.3 Å². The second kappa shape index (κ2) is 7.13. The number of anilines is 1. The van der Waals surface area contributed by atoms with Gasteiger partial charge in [-0.2, -0.15) is 4.31 Å². The fourth-order valence-electron chi connectivity index (χ4n) is 3.23. The van der Waals surface area contributed by atoms with E-state index >= 15 is 0 Å². The quantitative estimate of drug-likeness (QED) is 0.729.